The fraction of sp³-hybridized carbons (Fsp3) is 0.231. The molecule has 0 saturated carbocycles. The summed E-state index contributed by atoms with van der Waals surface area (Å²) in [5.74, 6) is 1.49. The molecule has 2 aliphatic rings. The van der Waals surface area contributed by atoms with Gasteiger partial charge in [0.15, 0.2) is 11.5 Å². The Morgan fingerprint density at radius 3 is 2.70 bits per heavy atom. The number of hydrogen-bond acceptors (Lipinski definition) is 5. The lowest BCUT2D eigenvalue weighted by Gasteiger charge is -2.25. The summed E-state index contributed by atoms with van der Waals surface area (Å²) >= 11 is 1.57. The first-order chi connectivity index (χ1) is 16.1. The van der Waals surface area contributed by atoms with Crippen LogP contribution in [0.25, 0.3) is 0 Å². The first-order valence-corrected chi connectivity index (χ1v) is 12.0. The fourth-order valence-corrected chi connectivity index (χ4v) is 5.41. The molecule has 2 amide bonds. The summed E-state index contributed by atoms with van der Waals surface area (Å²) < 4.78 is 10.9. The highest BCUT2D eigenvalue weighted by Gasteiger charge is 2.35. The van der Waals surface area contributed by atoms with E-state index >= 15 is 0 Å². The van der Waals surface area contributed by atoms with E-state index in [-0.39, 0.29) is 29.9 Å². The van der Waals surface area contributed by atoms with E-state index in [4.69, 9.17) is 9.47 Å². The lowest BCUT2D eigenvalue weighted by Crippen LogP contribution is -2.27. The molecular weight excluding hydrogens is 436 g/mol. The van der Waals surface area contributed by atoms with Gasteiger partial charge in [0.2, 0.25) is 18.6 Å². The highest BCUT2D eigenvalue weighted by molar-refractivity contribution is 8.00. The molecule has 1 N–H and O–H groups in total. The predicted molar refractivity (Wildman–Crippen MR) is 130 cm³/mol. The average molecular weight is 461 g/mol. The molecule has 33 heavy (non-hydrogen) atoms. The molecule has 1 saturated heterocycles. The lowest BCUT2D eigenvalue weighted by molar-refractivity contribution is -0.118. The molecule has 0 radical (unpaired) electrons. The molecule has 7 heteroatoms. The van der Waals surface area contributed by atoms with Gasteiger partial charge in [-0.2, -0.15) is 0 Å². The van der Waals surface area contributed by atoms with Crippen LogP contribution in [0.2, 0.25) is 0 Å². The summed E-state index contributed by atoms with van der Waals surface area (Å²) in [6, 6.07) is 23.1. The Hall–Kier alpha value is -3.45. The number of nitrogens with one attached hydrogen (secondary N) is 1. The van der Waals surface area contributed by atoms with Crippen LogP contribution in [0, 0.1) is 0 Å². The minimum absolute atomic E-state index is 0.0356. The maximum absolute atomic E-state index is 13.0. The van der Waals surface area contributed by atoms with Gasteiger partial charge in [-0.1, -0.05) is 49.4 Å². The Labute approximate surface area is 196 Å². The van der Waals surface area contributed by atoms with Crippen LogP contribution >= 0.6 is 11.8 Å². The number of fused-ring (bicyclic) bond motifs is 1. The number of carbonyl (C=O) groups is 2. The van der Waals surface area contributed by atoms with Crippen molar-refractivity contribution >= 4 is 35.0 Å². The summed E-state index contributed by atoms with van der Waals surface area (Å²) in [6.07, 6.45) is 0.709. The molecule has 2 atom stereocenters. The number of anilines is 2. The van der Waals surface area contributed by atoms with E-state index in [1.807, 2.05) is 79.7 Å². The maximum Gasteiger partial charge on any atom is 0.238 e. The average Bonchev–Trinajstić information content (AvgIpc) is 3.46. The Morgan fingerprint density at radius 1 is 1.06 bits per heavy atom. The second kappa shape index (κ2) is 9.19. The van der Waals surface area contributed by atoms with Crippen LogP contribution in [-0.4, -0.2) is 24.4 Å². The topological polar surface area (TPSA) is 67.9 Å². The standard InChI is InChI=1S/C26H24N2O4S/c1-2-21(17-7-4-3-5-8-17)25(30)27-19-10-6-9-18(13-19)26-28(24(29)15-33-26)20-11-12-22-23(14-20)32-16-31-22/h3-14,21,26H,2,15-16H2,1H3,(H,27,30)/t21-,26+/m1/s1. The molecule has 3 aromatic rings. The summed E-state index contributed by atoms with van der Waals surface area (Å²) in [6.45, 7) is 2.20. The van der Waals surface area contributed by atoms with Gasteiger partial charge in [-0.05, 0) is 41.8 Å². The zero-order valence-corrected chi connectivity index (χ0v) is 19.0. The zero-order chi connectivity index (χ0) is 22.8. The normalized spacial score (nSPS) is 17.8. The third kappa shape index (κ3) is 4.28. The smallest absolute Gasteiger partial charge is 0.238 e. The van der Waals surface area contributed by atoms with E-state index in [1.165, 1.54) is 0 Å². The quantitative estimate of drug-likeness (QED) is 0.539. The molecule has 2 heterocycles. The van der Waals surface area contributed by atoms with Gasteiger partial charge in [-0.25, -0.2) is 0 Å². The van der Waals surface area contributed by atoms with Crippen molar-refractivity contribution in [3.05, 3.63) is 83.9 Å². The number of ether oxygens (including phenoxy) is 2. The Balaban J connectivity index is 1.38. The van der Waals surface area contributed by atoms with Gasteiger partial charge in [0.1, 0.15) is 5.37 Å². The fourth-order valence-electron chi connectivity index (χ4n) is 4.24. The van der Waals surface area contributed by atoms with Crippen molar-refractivity contribution < 1.29 is 19.1 Å². The van der Waals surface area contributed by atoms with Gasteiger partial charge in [-0.3, -0.25) is 14.5 Å². The molecule has 0 bridgehead atoms. The molecule has 5 rings (SSSR count). The molecule has 168 valence electrons. The van der Waals surface area contributed by atoms with Crippen LogP contribution in [0.15, 0.2) is 72.8 Å². The van der Waals surface area contributed by atoms with Gasteiger partial charge in [0.25, 0.3) is 0 Å². The van der Waals surface area contributed by atoms with Crippen molar-refractivity contribution in [1.29, 1.82) is 0 Å². The number of rotatable bonds is 6. The second-order valence-corrected chi connectivity index (χ2v) is 9.02. The summed E-state index contributed by atoms with van der Waals surface area (Å²) in [4.78, 5) is 27.6. The number of thioether (sulfide) groups is 1. The van der Waals surface area contributed by atoms with Gasteiger partial charge < -0.3 is 14.8 Å². The molecule has 0 aromatic heterocycles. The second-order valence-electron chi connectivity index (χ2n) is 7.95. The van der Waals surface area contributed by atoms with Crippen molar-refractivity contribution in [2.24, 2.45) is 0 Å². The number of hydrogen-bond donors (Lipinski definition) is 1. The largest absolute Gasteiger partial charge is 0.454 e. The molecule has 0 unspecified atom stereocenters. The van der Waals surface area contributed by atoms with Crippen LogP contribution in [0.4, 0.5) is 11.4 Å². The minimum Gasteiger partial charge on any atom is -0.454 e. The van der Waals surface area contributed by atoms with E-state index in [9.17, 15) is 9.59 Å². The van der Waals surface area contributed by atoms with E-state index in [0.29, 0.717) is 23.7 Å². The SMILES string of the molecule is CC[C@@H](C(=O)Nc1cccc([C@@H]2SCC(=O)N2c2ccc3c(c2)OCO3)c1)c1ccccc1. The molecule has 0 spiro atoms. The molecule has 3 aromatic carbocycles. The van der Waals surface area contributed by atoms with Crippen LogP contribution < -0.4 is 19.7 Å². The maximum atomic E-state index is 13.0. The highest BCUT2D eigenvalue weighted by Crippen LogP contribution is 2.45. The molecule has 6 nitrogen and oxygen atoms in total. The third-order valence-corrected chi connectivity index (χ3v) is 7.08. The molecular formula is C26H24N2O4S. The molecule has 2 aliphatic heterocycles. The van der Waals surface area contributed by atoms with Gasteiger partial charge in [-0.15, -0.1) is 11.8 Å². The minimum atomic E-state index is -0.220. The number of amides is 2. The van der Waals surface area contributed by atoms with Crippen molar-refractivity contribution in [2.45, 2.75) is 24.6 Å². The van der Waals surface area contributed by atoms with Crippen molar-refractivity contribution in [3.63, 3.8) is 0 Å². The van der Waals surface area contributed by atoms with Gasteiger partial charge >= 0.3 is 0 Å². The number of benzene rings is 3. The lowest BCUT2D eigenvalue weighted by atomic mass is 9.95. The van der Waals surface area contributed by atoms with Crippen LogP contribution in [0.1, 0.15) is 35.8 Å². The van der Waals surface area contributed by atoms with E-state index < -0.39 is 0 Å². The summed E-state index contributed by atoms with van der Waals surface area (Å²) in [5.41, 5.74) is 3.44. The van der Waals surface area contributed by atoms with Crippen LogP contribution in [0.5, 0.6) is 11.5 Å². The monoisotopic (exact) mass is 460 g/mol. The van der Waals surface area contributed by atoms with Crippen molar-refractivity contribution in [2.75, 3.05) is 22.8 Å². The number of carbonyl (C=O) groups excluding carboxylic acids is 2. The van der Waals surface area contributed by atoms with E-state index in [2.05, 4.69) is 5.32 Å². The Kier molecular flexibility index (Phi) is 5.96. The van der Waals surface area contributed by atoms with Crippen molar-refractivity contribution in [1.82, 2.24) is 0 Å². The zero-order valence-electron chi connectivity index (χ0n) is 18.2. The predicted octanol–water partition coefficient (Wildman–Crippen LogP) is 5.33. The highest BCUT2D eigenvalue weighted by atomic mass is 32.2. The van der Waals surface area contributed by atoms with Gasteiger partial charge in [0, 0.05) is 17.4 Å². The van der Waals surface area contributed by atoms with Gasteiger partial charge in [0.05, 0.1) is 11.7 Å². The van der Waals surface area contributed by atoms with E-state index in [0.717, 1.165) is 22.5 Å². The molecule has 1 fully saturated rings. The Morgan fingerprint density at radius 2 is 1.88 bits per heavy atom. The molecule has 0 aliphatic carbocycles. The number of nitrogens with zero attached hydrogens (tertiary/aromatic N) is 1. The third-order valence-electron chi connectivity index (χ3n) is 5.87. The van der Waals surface area contributed by atoms with Crippen molar-refractivity contribution in [3.8, 4) is 11.5 Å². The first-order valence-electron chi connectivity index (χ1n) is 10.9. The van der Waals surface area contributed by atoms with E-state index in [1.54, 1.807) is 16.7 Å². The summed E-state index contributed by atoms with van der Waals surface area (Å²) in [7, 11) is 0. The Bertz CT molecular complexity index is 1180. The van der Waals surface area contributed by atoms with Crippen LogP contribution in [0.3, 0.4) is 0 Å². The first kappa shape index (κ1) is 21.4. The van der Waals surface area contributed by atoms with Crippen LogP contribution in [-0.2, 0) is 9.59 Å². The summed E-state index contributed by atoms with van der Waals surface area (Å²) in [5, 5.41) is 2.88.